The third-order valence-corrected chi connectivity index (χ3v) is 6.19. The SMILES string of the molecule is CCOC(=O)[C@H]1CCCN(C(=O)c2nn(-c3ccccc3)c(=O)n(Cc3cccc(C(F)(F)F)c3)c2=O)C1. The van der Waals surface area contributed by atoms with Crippen LogP contribution in [0.25, 0.3) is 5.69 Å². The highest BCUT2D eigenvalue weighted by Gasteiger charge is 2.33. The van der Waals surface area contributed by atoms with Gasteiger partial charge in [-0.2, -0.15) is 23.0 Å². The molecule has 0 unspecified atom stereocenters. The van der Waals surface area contributed by atoms with Crippen LogP contribution in [0, 0.1) is 5.92 Å². The Hall–Kier alpha value is -4.22. The van der Waals surface area contributed by atoms with E-state index in [4.69, 9.17) is 4.74 Å². The van der Waals surface area contributed by atoms with Crippen molar-refractivity contribution >= 4 is 11.9 Å². The van der Waals surface area contributed by atoms with Gasteiger partial charge in [-0.15, -0.1) is 0 Å². The molecule has 9 nitrogen and oxygen atoms in total. The van der Waals surface area contributed by atoms with E-state index in [1.807, 2.05) is 0 Å². The zero-order valence-corrected chi connectivity index (χ0v) is 20.5. The van der Waals surface area contributed by atoms with E-state index in [9.17, 15) is 32.3 Å². The molecule has 38 heavy (non-hydrogen) atoms. The molecule has 0 radical (unpaired) electrons. The van der Waals surface area contributed by atoms with Crippen LogP contribution in [0.15, 0.2) is 64.2 Å². The molecule has 1 saturated heterocycles. The van der Waals surface area contributed by atoms with Gasteiger partial charge in [-0.05, 0) is 49.6 Å². The standard InChI is InChI=1S/C26H25F3N4O5/c1-2-38-24(36)18-9-7-13-31(16-18)22(34)21-23(35)32(15-17-8-6-10-19(14-17)26(27,28)29)25(37)33(30-21)20-11-4-3-5-12-20/h3-6,8,10-12,14,18H,2,7,9,13,15-16H2,1H3/t18-/m0/s1. The molecule has 0 aliphatic carbocycles. The monoisotopic (exact) mass is 530 g/mol. The van der Waals surface area contributed by atoms with E-state index in [-0.39, 0.29) is 30.9 Å². The Morgan fingerprint density at radius 1 is 1.08 bits per heavy atom. The van der Waals surface area contributed by atoms with E-state index >= 15 is 0 Å². The second-order valence-electron chi connectivity index (χ2n) is 8.81. The molecule has 200 valence electrons. The molecule has 12 heteroatoms. The minimum absolute atomic E-state index is 0.0108. The minimum atomic E-state index is -4.62. The Kier molecular flexibility index (Phi) is 7.79. The molecule has 1 aliphatic rings. The number of esters is 1. The number of ether oxygens (including phenoxy) is 1. The van der Waals surface area contributed by atoms with Crippen LogP contribution in [0.3, 0.4) is 0 Å². The van der Waals surface area contributed by atoms with Crippen molar-refractivity contribution in [3.05, 3.63) is 92.3 Å². The van der Waals surface area contributed by atoms with E-state index in [1.165, 1.54) is 17.0 Å². The number of amides is 1. The molecule has 4 rings (SSSR count). The van der Waals surface area contributed by atoms with Gasteiger partial charge in [-0.25, -0.2) is 4.79 Å². The summed E-state index contributed by atoms with van der Waals surface area (Å²) in [7, 11) is 0. The van der Waals surface area contributed by atoms with Crippen LogP contribution in [0.5, 0.6) is 0 Å². The smallest absolute Gasteiger partial charge is 0.416 e. The molecule has 0 saturated carbocycles. The number of benzene rings is 2. The summed E-state index contributed by atoms with van der Waals surface area (Å²) in [5.74, 6) is -1.80. The van der Waals surface area contributed by atoms with Gasteiger partial charge in [0.15, 0.2) is 0 Å². The molecule has 1 amide bonds. The molecule has 2 heterocycles. The number of hydrogen-bond acceptors (Lipinski definition) is 6. The lowest BCUT2D eigenvalue weighted by Gasteiger charge is -2.31. The van der Waals surface area contributed by atoms with Crippen molar-refractivity contribution in [3.8, 4) is 5.69 Å². The average Bonchev–Trinajstić information content (AvgIpc) is 2.91. The fraction of sp³-hybridized carbons (Fsp3) is 0.346. The molecule has 1 aromatic heterocycles. The number of aromatic nitrogens is 3. The van der Waals surface area contributed by atoms with Crippen molar-refractivity contribution in [2.45, 2.75) is 32.5 Å². The number of carbonyl (C=O) groups is 2. The maximum atomic E-state index is 13.5. The van der Waals surface area contributed by atoms with Crippen LogP contribution in [-0.2, 0) is 22.3 Å². The van der Waals surface area contributed by atoms with E-state index in [2.05, 4.69) is 5.10 Å². The summed E-state index contributed by atoms with van der Waals surface area (Å²) in [5.41, 5.74) is -3.17. The second kappa shape index (κ2) is 11.0. The van der Waals surface area contributed by atoms with Gasteiger partial charge in [0, 0.05) is 13.1 Å². The van der Waals surface area contributed by atoms with Crippen molar-refractivity contribution in [2.75, 3.05) is 19.7 Å². The molecule has 0 bridgehead atoms. The van der Waals surface area contributed by atoms with E-state index in [0.29, 0.717) is 17.4 Å². The third-order valence-electron chi connectivity index (χ3n) is 6.19. The van der Waals surface area contributed by atoms with Crippen LogP contribution in [0.2, 0.25) is 0 Å². The predicted molar refractivity (Wildman–Crippen MR) is 130 cm³/mol. The summed E-state index contributed by atoms with van der Waals surface area (Å²) in [6.07, 6.45) is -3.61. The molecular weight excluding hydrogens is 505 g/mol. The lowest BCUT2D eigenvalue weighted by molar-refractivity contribution is -0.149. The van der Waals surface area contributed by atoms with Gasteiger partial charge < -0.3 is 9.64 Å². The van der Waals surface area contributed by atoms with Crippen molar-refractivity contribution in [1.82, 2.24) is 19.2 Å². The van der Waals surface area contributed by atoms with Gasteiger partial charge >= 0.3 is 17.8 Å². The number of para-hydroxylation sites is 1. The van der Waals surface area contributed by atoms with Crippen LogP contribution < -0.4 is 11.2 Å². The number of piperidine rings is 1. The fourth-order valence-electron chi connectivity index (χ4n) is 4.32. The van der Waals surface area contributed by atoms with Crippen molar-refractivity contribution in [2.24, 2.45) is 5.92 Å². The second-order valence-corrected chi connectivity index (χ2v) is 8.81. The summed E-state index contributed by atoms with van der Waals surface area (Å²) >= 11 is 0. The molecule has 0 N–H and O–H groups in total. The summed E-state index contributed by atoms with van der Waals surface area (Å²) in [6, 6.07) is 12.3. The van der Waals surface area contributed by atoms with E-state index < -0.39 is 53.0 Å². The van der Waals surface area contributed by atoms with Crippen molar-refractivity contribution < 1.29 is 27.5 Å². The predicted octanol–water partition coefficient (Wildman–Crippen LogP) is 2.88. The number of alkyl halides is 3. The van der Waals surface area contributed by atoms with Crippen molar-refractivity contribution in [1.29, 1.82) is 0 Å². The number of likely N-dealkylation sites (tertiary alicyclic amines) is 1. The first-order chi connectivity index (χ1) is 18.1. The topological polar surface area (TPSA) is 104 Å². The van der Waals surface area contributed by atoms with Crippen LogP contribution in [0.4, 0.5) is 13.2 Å². The maximum Gasteiger partial charge on any atom is 0.416 e. The Bertz CT molecular complexity index is 1450. The molecule has 3 aromatic rings. The van der Waals surface area contributed by atoms with Crippen LogP contribution in [-0.4, -0.2) is 50.8 Å². The lowest BCUT2D eigenvalue weighted by atomic mass is 9.98. The zero-order valence-electron chi connectivity index (χ0n) is 20.5. The first kappa shape index (κ1) is 26.8. The quantitative estimate of drug-likeness (QED) is 0.454. The molecule has 2 aromatic carbocycles. The number of hydrogen-bond donors (Lipinski definition) is 0. The maximum absolute atomic E-state index is 13.5. The van der Waals surface area contributed by atoms with Gasteiger partial charge in [0.2, 0.25) is 5.69 Å². The summed E-state index contributed by atoms with van der Waals surface area (Å²) in [6.45, 7) is 1.62. The molecule has 0 spiro atoms. The molecule has 1 fully saturated rings. The van der Waals surface area contributed by atoms with Crippen molar-refractivity contribution in [3.63, 3.8) is 0 Å². The first-order valence-corrected chi connectivity index (χ1v) is 12.0. The fourth-order valence-corrected chi connectivity index (χ4v) is 4.32. The van der Waals surface area contributed by atoms with Crippen LogP contribution >= 0.6 is 0 Å². The Morgan fingerprint density at radius 2 is 1.82 bits per heavy atom. The Labute approximate surface area is 215 Å². The lowest BCUT2D eigenvalue weighted by Crippen LogP contribution is -2.49. The minimum Gasteiger partial charge on any atom is -0.466 e. The van der Waals surface area contributed by atoms with E-state index in [1.54, 1.807) is 37.3 Å². The van der Waals surface area contributed by atoms with Gasteiger partial charge in [-0.1, -0.05) is 30.3 Å². The van der Waals surface area contributed by atoms with Gasteiger partial charge in [0.1, 0.15) is 0 Å². The zero-order chi connectivity index (χ0) is 27.4. The average molecular weight is 531 g/mol. The summed E-state index contributed by atoms with van der Waals surface area (Å²) in [4.78, 5) is 53.7. The number of rotatable bonds is 6. The number of halogens is 3. The first-order valence-electron chi connectivity index (χ1n) is 12.0. The summed E-state index contributed by atoms with van der Waals surface area (Å²) in [5, 5.41) is 4.07. The van der Waals surface area contributed by atoms with Gasteiger partial charge in [0.25, 0.3) is 11.5 Å². The Morgan fingerprint density at radius 3 is 2.50 bits per heavy atom. The number of carbonyl (C=O) groups excluding carboxylic acids is 2. The third kappa shape index (κ3) is 5.68. The van der Waals surface area contributed by atoms with E-state index in [0.717, 1.165) is 16.8 Å². The highest BCUT2D eigenvalue weighted by atomic mass is 19.4. The summed E-state index contributed by atoms with van der Waals surface area (Å²) < 4.78 is 46.3. The number of nitrogens with zero attached hydrogens (tertiary/aromatic N) is 4. The Balaban J connectivity index is 1.78. The molecule has 1 atom stereocenters. The highest BCUT2D eigenvalue weighted by Crippen LogP contribution is 2.29. The normalized spacial score (nSPS) is 15.8. The van der Waals surface area contributed by atoms with Crippen LogP contribution in [0.1, 0.15) is 41.4 Å². The molecular formula is C26H25F3N4O5. The largest absolute Gasteiger partial charge is 0.466 e. The van der Waals surface area contributed by atoms with Gasteiger partial charge in [0.05, 0.1) is 30.3 Å². The highest BCUT2D eigenvalue weighted by molar-refractivity contribution is 5.92. The van der Waals surface area contributed by atoms with Gasteiger partial charge in [-0.3, -0.25) is 19.0 Å². The molecule has 1 aliphatic heterocycles.